The number of para-hydroxylation sites is 2. The lowest BCUT2D eigenvalue weighted by Gasteiger charge is -2.16. The van der Waals surface area contributed by atoms with Crippen molar-refractivity contribution in [3.8, 4) is 28.2 Å². The summed E-state index contributed by atoms with van der Waals surface area (Å²) in [6.45, 7) is 3.93. The number of anilines is 1. The van der Waals surface area contributed by atoms with Crippen molar-refractivity contribution in [3.63, 3.8) is 0 Å². The third-order valence-corrected chi connectivity index (χ3v) is 6.87. The first-order valence-electron chi connectivity index (χ1n) is 11.7. The van der Waals surface area contributed by atoms with Crippen molar-refractivity contribution in [2.24, 2.45) is 0 Å². The number of rotatable bonds is 7. The second-order valence-corrected chi connectivity index (χ2v) is 9.64. The van der Waals surface area contributed by atoms with E-state index in [0.29, 0.717) is 11.0 Å². The van der Waals surface area contributed by atoms with E-state index in [9.17, 15) is 4.79 Å². The molecule has 7 heteroatoms. The summed E-state index contributed by atoms with van der Waals surface area (Å²) < 4.78 is 2.00. The van der Waals surface area contributed by atoms with Gasteiger partial charge in [-0.15, -0.1) is 10.2 Å². The highest BCUT2D eigenvalue weighted by Gasteiger charge is 2.23. The van der Waals surface area contributed by atoms with Gasteiger partial charge in [-0.3, -0.25) is 14.3 Å². The van der Waals surface area contributed by atoms with Crippen molar-refractivity contribution in [1.82, 2.24) is 19.7 Å². The highest BCUT2D eigenvalue weighted by Crippen LogP contribution is 2.32. The third kappa shape index (κ3) is 4.92. The number of nitrogens with one attached hydrogen (secondary N) is 1. The largest absolute Gasteiger partial charge is 0.325 e. The number of hydrogen-bond donors (Lipinski definition) is 1. The average molecular weight is 492 g/mol. The lowest BCUT2D eigenvalue weighted by molar-refractivity contribution is -0.115. The smallest absolute Gasteiger partial charge is 0.237 e. The van der Waals surface area contributed by atoms with Gasteiger partial charge in [0.1, 0.15) is 0 Å². The van der Waals surface area contributed by atoms with Crippen LogP contribution in [0.25, 0.3) is 28.2 Å². The minimum absolute atomic E-state index is 0.106. The van der Waals surface area contributed by atoms with Crippen LogP contribution in [-0.2, 0) is 4.79 Å². The maximum absolute atomic E-state index is 13.3. The van der Waals surface area contributed by atoms with E-state index in [2.05, 4.69) is 20.5 Å². The van der Waals surface area contributed by atoms with Gasteiger partial charge in [-0.2, -0.15) is 0 Å². The van der Waals surface area contributed by atoms with Gasteiger partial charge >= 0.3 is 0 Å². The Labute approximate surface area is 214 Å². The molecule has 0 unspecified atom stereocenters. The zero-order valence-corrected chi connectivity index (χ0v) is 20.8. The van der Waals surface area contributed by atoms with Crippen LogP contribution < -0.4 is 5.32 Å². The zero-order valence-electron chi connectivity index (χ0n) is 20.0. The van der Waals surface area contributed by atoms with Crippen LogP contribution in [0.4, 0.5) is 5.69 Å². The molecule has 36 heavy (non-hydrogen) atoms. The molecule has 0 saturated carbocycles. The van der Waals surface area contributed by atoms with Crippen molar-refractivity contribution in [3.05, 3.63) is 109 Å². The molecule has 1 amide bonds. The van der Waals surface area contributed by atoms with Crippen molar-refractivity contribution in [2.75, 3.05) is 5.32 Å². The SMILES string of the molecule is Cc1ccccc1-n1c(S[C@@H](C)C(=O)Nc2ccccc2-c2ccccc2)nnc1-c1cccnc1. The van der Waals surface area contributed by atoms with Crippen LogP contribution in [-0.4, -0.2) is 30.9 Å². The molecule has 0 radical (unpaired) electrons. The highest BCUT2D eigenvalue weighted by molar-refractivity contribution is 8.00. The molecule has 0 spiro atoms. The van der Waals surface area contributed by atoms with Gasteiger partial charge in [0.05, 0.1) is 10.9 Å². The summed E-state index contributed by atoms with van der Waals surface area (Å²) in [6, 6.07) is 29.8. The number of thioether (sulfide) groups is 1. The van der Waals surface area contributed by atoms with E-state index in [-0.39, 0.29) is 5.91 Å². The van der Waals surface area contributed by atoms with Gasteiger partial charge < -0.3 is 5.32 Å². The first-order chi connectivity index (χ1) is 17.6. The van der Waals surface area contributed by atoms with E-state index >= 15 is 0 Å². The Kier molecular flexibility index (Phi) is 6.91. The molecule has 0 saturated heterocycles. The number of aromatic nitrogens is 4. The van der Waals surface area contributed by atoms with Crippen LogP contribution in [0.2, 0.25) is 0 Å². The molecule has 0 aliphatic rings. The van der Waals surface area contributed by atoms with Crippen LogP contribution >= 0.6 is 11.8 Å². The van der Waals surface area contributed by atoms with E-state index < -0.39 is 5.25 Å². The molecule has 6 nitrogen and oxygen atoms in total. The molecule has 5 rings (SSSR count). The summed E-state index contributed by atoms with van der Waals surface area (Å²) >= 11 is 1.38. The van der Waals surface area contributed by atoms with Crippen LogP contribution in [0, 0.1) is 6.92 Å². The molecule has 0 bridgehead atoms. The predicted octanol–water partition coefficient (Wildman–Crippen LogP) is 6.42. The fraction of sp³-hybridized carbons (Fsp3) is 0.103. The summed E-state index contributed by atoms with van der Waals surface area (Å²) in [5.74, 6) is 0.576. The number of aryl methyl sites for hydroxylation is 1. The molecule has 2 heterocycles. The van der Waals surface area contributed by atoms with Gasteiger partial charge in [-0.25, -0.2) is 0 Å². The number of hydrogen-bond acceptors (Lipinski definition) is 5. The van der Waals surface area contributed by atoms with E-state index in [1.54, 1.807) is 12.4 Å². The first-order valence-corrected chi connectivity index (χ1v) is 12.5. The number of amides is 1. The number of carbonyl (C=O) groups is 1. The van der Waals surface area contributed by atoms with Gasteiger partial charge in [0.15, 0.2) is 11.0 Å². The first kappa shape index (κ1) is 23.5. The molecular weight excluding hydrogens is 466 g/mol. The monoisotopic (exact) mass is 491 g/mol. The van der Waals surface area contributed by atoms with Crippen molar-refractivity contribution >= 4 is 23.4 Å². The predicted molar refractivity (Wildman–Crippen MR) is 145 cm³/mol. The highest BCUT2D eigenvalue weighted by atomic mass is 32.2. The minimum Gasteiger partial charge on any atom is -0.325 e. The van der Waals surface area contributed by atoms with Gasteiger partial charge in [0, 0.05) is 29.2 Å². The van der Waals surface area contributed by atoms with E-state index in [4.69, 9.17) is 0 Å². The molecular formula is C29H25N5OS. The fourth-order valence-corrected chi connectivity index (χ4v) is 4.83. The van der Waals surface area contributed by atoms with Crippen LogP contribution in [0.3, 0.4) is 0 Å². The van der Waals surface area contributed by atoms with Crippen LogP contribution in [0.5, 0.6) is 0 Å². The quantitative estimate of drug-likeness (QED) is 0.266. The summed E-state index contributed by atoms with van der Waals surface area (Å²) in [7, 11) is 0. The average Bonchev–Trinajstić information content (AvgIpc) is 3.33. The third-order valence-electron chi connectivity index (χ3n) is 5.83. The maximum atomic E-state index is 13.3. The van der Waals surface area contributed by atoms with Crippen LogP contribution in [0.15, 0.2) is 109 Å². The van der Waals surface area contributed by atoms with E-state index in [1.807, 2.05) is 109 Å². The van der Waals surface area contributed by atoms with Crippen molar-refractivity contribution in [1.29, 1.82) is 0 Å². The molecule has 3 aromatic carbocycles. The Morgan fingerprint density at radius 3 is 2.36 bits per heavy atom. The maximum Gasteiger partial charge on any atom is 0.237 e. The second kappa shape index (κ2) is 10.6. The number of benzene rings is 3. The topological polar surface area (TPSA) is 72.7 Å². The molecule has 0 aliphatic heterocycles. The Hall–Kier alpha value is -4.23. The summed E-state index contributed by atoms with van der Waals surface area (Å²) in [5, 5.41) is 12.3. The second-order valence-electron chi connectivity index (χ2n) is 8.33. The van der Waals surface area contributed by atoms with Gasteiger partial charge in [0.25, 0.3) is 0 Å². The normalized spacial score (nSPS) is 11.7. The molecule has 2 aromatic heterocycles. The number of pyridine rings is 1. The van der Waals surface area contributed by atoms with E-state index in [0.717, 1.165) is 33.6 Å². The molecule has 0 aliphatic carbocycles. The molecule has 5 aromatic rings. The standard InChI is InChI=1S/C29H25N5OS/c1-20-11-6-9-17-26(20)34-27(23-14-10-18-30-19-23)32-33-29(34)36-21(2)28(35)31-25-16-8-7-15-24(25)22-12-4-3-5-13-22/h3-19,21H,1-2H3,(H,31,35)/t21-/m0/s1. The van der Waals surface area contributed by atoms with Gasteiger partial charge in [0.2, 0.25) is 5.91 Å². The molecule has 0 fully saturated rings. The molecule has 178 valence electrons. The fourth-order valence-electron chi connectivity index (χ4n) is 3.97. The van der Waals surface area contributed by atoms with Gasteiger partial charge in [-0.05, 0) is 49.2 Å². The lowest BCUT2D eigenvalue weighted by Crippen LogP contribution is -2.23. The molecule has 1 atom stereocenters. The number of nitrogens with zero attached hydrogens (tertiary/aromatic N) is 4. The lowest BCUT2D eigenvalue weighted by atomic mass is 10.0. The van der Waals surface area contributed by atoms with Crippen LogP contribution in [0.1, 0.15) is 12.5 Å². The Morgan fingerprint density at radius 1 is 0.861 bits per heavy atom. The number of carbonyl (C=O) groups excluding carboxylic acids is 1. The van der Waals surface area contributed by atoms with Crippen molar-refractivity contribution in [2.45, 2.75) is 24.3 Å². The van der Waals surface area contributed by atoms with E-state index in [1.165, 1.54) is 11.8 Å². The van der Waals surface area contributed by atoms with Gasteiger partial charge in [-0.1, -0.05) is 78.5 Å². The minimum atomic E-state index is -0.414. The molecule has 1 N–H and O–H groups in total. The summed E-state index contributed by atoms with van der Waals surface area (Å²) in [5.41, 5.74) is 5.70. The van der Waals surface area contributed by atoms with Crippen molar-refractivity contribution < 1.29 is 4.79 Å². The Bertz CT molecular complexity index is 1480. The summed E-state index contributed by atoms with van der Waals surface area (Å²) in [6.07, 6.45) is 3.50. The zero-order chi connectivity index (χ0) is 24.9. The summed E-state index contributed by atoms with van der Waals surface area (Å²) in [4.78, 5) is 17.5. The Balaban J connectivity index is 1.44. The Morgan fingerprint density at radius 2 is 1.58 bits per heavy atom.